The van der Waals surface area contributed by atoms with Crippen LogP contribution in [0.25, 0.3) is 0 Å². The number of piperidine rings is 2. The molecule has 2 fully saturated rings. The van der Waals surface area contributed by atoms with E-state index >= 15 is 0 Å². The number of carbonyl (C=O) groups is 3. The Balaban J connectivity index is 1.43. The molecule has 0 aliphatic carbocycles. The number of rotatable bonds is 5. The largest absolute Gasteiger partial charge is 0.340 e. The summed E-state index contributed by atoms with van der Waals surface area (Å²) >= 11 is 6.02. The lowest BCUT2D eigenvalue weighted by molar-refractivity contribution is -0.138. The van der Waals surface area contributed by atoms with E-state index in [9.17, 15) is 14.4 Å². The minimum absolute atomic E-state index is 0.0108. The van der Waals surface area contributed by atoms with Crippen LogP contribution in [-0.4, -0.2) is 59.4 Å². The van der Waals surface area contributed by atoms with Gasteiger partial charge in [0.2, 0.25) is 5.91 Å². The molecular weight excluding hydrogens is 464 g/mol. The Morgan fingerprint density at radius 3 is 2.37 bits per heavy atom. The lowest BCUT2D eigenvalue weighted by Gasteiger charge is -2.40. The van der Waals surface area contributed by atoms with Gasteiger partial charge in [-0.1, -0.05) is 35.9 Å². The highest BCUT2D eigenvalue weighted by atomic mass is 35.5. The Kier molecular flexibility index (Phi) is 8.29. The van der Waals surface area contributed by atoms with Crippen molar-refractivity contribution in [2.75, 3.05) is 25.0 Å². The fourth-order valence-corrected chi connectivity index (χ4v) is 5.19. The van der Waals surface area contributed by atoms with Crippen LogP contribution >= 0.6 is 11.6 Å². The van der Waals surface area contributed by atoms with E-state index in [0.29, 0.717) is 42.2 Å². The molecule has 0 aromatic heterocycles. The molecule has 35 heavy (non-hydrogen) atoms. The van der Waals surface area contributed by atoms with E-state index in [0.717, 1.165) is 25.8 Å². The Hall–Kier alpha value is -3.06. The van der Waals surface area contributed by atoms with Crippen molar-refractivity contribution < 1.29 is 14.4 Å². The first-order chi connectivity index (χ1) is 16.9. The highest BCUT2D eigenvalue weighted by molar-refractivity contribution is 6.30. The Morgan fingerprint density at radius 1 is 0.943 bits per heavy atom. The molecule has 4 rings (SSSR count). The average molecular weight is 497 g/mol. The van der Waals surface area contributed by atoms with Crippen LogP contribution in [0, 0.1) is 5.92 Å². The van der Waals surface area contributed by atoms with Gasteiger partial charge in [0.25, 0.3) is 5.91 Å². The summed E-state index contributed by atoms with van der Waals surface area (Å²) in [5.74, 6) is -0.294. The molecular formula is C27H33ClN4O3. The lowest BCUT2D eigenvalue weighted by atomic mass is 9.87. The Morgan fingerprint density at radius 2 is 1.69 bits per heavy atom. The third-order valence-corrected chi connectivity index (χ3v) is 7.28. The SMILES string of the molecule is C[C@@H]1CCCCN1C(=O)[C@H](NC(=O)c1ccccc1)C1CCN(C(=O)Nc2cccc(Cl)c2)CC1. The molecule has 8 heteroatoms. The molecule has 2 aromatic rings. The molecule has 0 saturated carbocycles. The topological polar surface area (TPSA) is 81.8 Å². The van der Waals surface area contributed by atoms with Gasteiger partial charge in [-0.3, -0.25) is 9.59 Å². The summed E-state index contributed by atoms with van der Waals surface area (Å²) in [5, 5.41) is 6.49. The number of halogens is 1. The number of carbonyl (C=O) groups excluding carboxylic acids is 3. The standard InChI is InChI=1S/C27H33ClN4O3/c1-19-8-5-6-15-32(19)26(34)24(30-25(33)21-9-3-2-4-10-21)20-13-16-31(17-14-20)27(35)29-23-12-7-11-22(28)18-23/h2-4,7,9-12,18-20,24H,5-6,8,13-17H2,1H3,(H,29,35)(H,30,33)/t19-,24-/m1/s1. The number of hydrogen-bond acceptors (Lipinski definition) is 3. The van der Waals surface area contributed by atoms with Crippen molar-refractivity contribution >= 4 is 35.1 Å². The fraction of sp³-hybridized carbons (Fsp3) is 0.444. The number of anilines is 1. The molecule has 2 aromatic carbocycles. The summed E-state index contributed by atoms with van der Waals surface area (Å²) in [4.78, 5) is 43.1. The van der Waals surface area contributed by atoms with Crippen molar-refractivity contribution in [1.82, 2.24) is 15.1 Å². The summed E-state index contributed by atoms with van der Waals surface area (Å²) in [6.07, 6.45) is 4.35. The second kappa shape index (κ2) is 11.6. The van der Waals surface area contributed by atoms with Crippen LogP contribution in [0.3, 0.4) is 0 Å². The van der Waals surface area contributed by atoms with Gasteiger partial charge in [0.1, 0.15) is 6.04 Å². The first-order valence-corrected chi connectivity index (χ1v) is 12.8. The Labute approximate surface area is 211 Å². The third kappa shape index (κ3) is 6.34. The quantitative estimate of drug-likeness (QED) is 0.624. The molecule has 2 aliphatic rings. The molecule has 0 spiro atoms. The molecule has 2 N–H and O–H groups in total. The van der Waals surface area contributed by atoms with E-state index in [1.54, 1.807) is 41.3 Å². The van der Waals surface area contributed by atoms with Crippen molar-refractivity contribution in [3.05, 3.63) is 65.2 Å². The molecule has 186 valence electrons. The van der Waals surface area contributed by atoms with E-state index < -0.39 is 6.04 Å². The zero-order chi connectivity index (χ0) is 24.8. The molecule has 2 saturated heterocycles. The number of nitrogens with one attached hydrogen (secondary N) is 2. The normalized spacial score (nSPS) is 19.7. The van der Waals surface area contributed by atoms with E-state index in [4.69, 9.17) is 11.6 Å². The van der Waals surface area contributed by atoms with Crippen LogP contribution in [0.2, 0.25) is 5.02 Å². The van der Waals surface area contributed by atoms with Crippen molar-refractivity contribution in [2.24, 2.45) is 5.92 Å². The molecule has 2 heterocycles. The lowest BCUT2D eigenvalue weighted by Crippen LogP contribution is -2.57. The van der Waals surface area contributed by atoms with E-state index in [2.05, 4.69) is 17.6 Å². The first-order valence-electron chi connectivity index (χ1n) is 12.4. The smallest absolute Gasteiger partial charge is 0.321 e. The molecule has 2 atom stereocenters. The van der Waals surface area contributed by atoms with Crippen molar-refractivity contribution in [1.29, 1.82) is 0 Å². The van der Waals surface area contributed by atoms with Gasteiger partial charge in [0.15, 0.2) is 0 Å². The summed E-state index contributed by atoms with van der Waals surface area (Å²) in [6.45, 7) is 3.82. The van der Waals surface area contributed by atoms with Gasteiger partial charge in [-0.25, -0.2) is 4.79 Å². The minimum Gasteiger partial charge on any atom is -0.340 e. The van der Waals surface area contributed by atoms with Crippen molar-refractivity contribution in [2.45, 2.75) is 51.1 Å². The molecule has 7 nitrogen and oxygen atoms in total. The van der Waals surface area contributed by atoms with E-state index in [-0.39, 0.29) is 29.8 Å². The third-order valence-electron chi connectivity index (χ3n) is 7.05. The van der Waals surface area contributed by atoms with Crippen LogP contribution in [0.15, 0.2) is 54.6 Å². The van der Waals surface area contributed by atoms with Gasteiger partial charge in [-0.15, -0.1) is 0 Å². The molecule has 0 bridgehead atoms. The summed E-state index contributed by atoms with van der Waals surface area (Å²) < 4.78 is 0. The maximum atomic E-state index is 13.7. The van der Waals surface area contributed by atoms with E-state index in [1.807, 2.05) is 23.1 Å². The second-order valence-electron chi connectivity index (χ2n) is 9.46. The molecule has 4 amide bonds. The van der Waals surface area contributed by atoms with Gasteiger partial charge >= 0.3 is 6.03 Å². The fourth-order valence-electron chi connectivity index (χ4n) is 5.00. The maximum absolute atomic E-state index is 13.7. The monoisotopic (exact) mass is 496 g/mol. The van der Waals surface area contributed by atoms with Gasteiger partial charge in [-0.05, 0) is 75.3 Å². The summed E-state index contributed by atoms with van der Waals surface area (Å²) in [7, 11) is 0. The molecule has 0 unspecified atom stereocenters. The van der Waals surface area contributed by atoms with Crippen LogP contribution in [0.5, 0.6) is 0 Å². The first kappa shape index (κ1) is 25.0. The second-order valence-corrected chi connectivity index (χ2v) is 9.90. The number of benzene rings is 2. The predicted molar refractivity (Wildman–Crippen MR) is 137 cm³/mol. The van der Waals surface area contributed by atoms with Gasteiger partial charge < -0.3 is 20.4 Å². The maximum Gasteiger partial charge on any atom is 0.321 e. The van der Waals surface area contributed by atoms with Crippen LogP contribution in [0.4, 0.5) is 10.5 Å². The number of urea groups is 1. The van der Waals surface area contributed by atoms with Gasteiger partial charge in [-0.2, -0.15) is 0 Å². The zero-order valence-electron chi connectivity index (χ0n) is 20.1. The van der Waals surface area contributed by atoms with Crippen molar-refractivity contribution in [3.63, 3.8) is 0 Å². The number of amides is 4. The van der Waals surface area contributed by atoms with E-state index in [1.165, 1.54) is 0 Å². The van der Waals surface area contributed by atoms with Crippen molar-refractivity contribution in [3.8, 4) is 0 Å². The van der Waals surface area contributed by atoms with Gasteiger partial charge in [0, 0.05) is 41.9 Å². The molecule has 0 radical (unpaired) electrons. The Bertz CT molecular complexity index is 1040. The highest BCUT2D eigenvalue weighted by Crippen LogP contribution is 2.26. The van der Waals surface area contributed by atoms with Crippen LogP contribution in [-0.2, 0) is 4.79 Å². The predicted octanol–water partition coefficient (Wildman–Crippen LogP) is 4.78. The average Bonchev–Trinajstić information content (AvgIpc) is 2.88. The summed E-state index contributed by atoms with van der Waals surface area (Å²) in [5.41, 5.74) is 1.18. The van der Waals surface area contributed by atoms with Gasteiger partial charge in [0.05, 0.1) is 0 Å². The zero-order valence-corrected chi connectivity index (χ0v) is 20.8. The summed E-state index contributed by atoms with van der Waals surface area (Å²) in [6, 6.07) is 15.4. The number of likely N-dealkylation sites (tertiary alicyclic amines) is 2. The highest BCUT2D eigenvalue weighted by Gasteiger charge is 2.38. The molecule has 2 aliphatic heterocycles. The van der Waals surface area contributed by atoms with Crippen LogP contribution in [0.1, 0.15) is 49.4 Å². The minimum atomic E-state index is -0.610. The number of nitrogens with zero attached hydrogens (tertiary/aromatic N) is 2. The number of hydrogen-bond donors (Lipinski definition) is 2. The van der Waals surface area contributed by atoms with Crippen LogP contribution < -0.4 is 10.6 Å².